The van der Waals surface area contributed by atoms with Crippen molar-refractivity contribution in [2.75, 3.05) is 69.6 Å². The maximum absolute atomic E-state index is 12.4. The first-order valence-corrected chi connectivity index (χ1v) is 35.1. The summed E-state index contributed by atoms with van der Waals surface area (Å²) >= 11 is 0. The molecule has 82 heavy (non-hydrogen) atoms. The summed E-state index contributed by atoms with van der Waals surface area (Å²) in [5.41, 5.74) is 0. The molecular formula is C32H68O42P8. The summed E-state index contributed by atoms with van der Waals surface area (Å²) < 4.78 is 193. The van der Waals surface area contributed by atoms with Gasteiger partial charge in [-0.2, -0.15) is 0 Å². The third kappa shape index (κ3) is 24.4. The van der Waals surface area contributed by atoms with Crippen LogP contribution in [0.2, 0.25) is 0 Å². The van der Waals surface area contributed by atoms with Crippen LogP contribution in [0.15, 0.2) is 0 Å². The smallest absolute Gasteiger partial charge is 0.376 e. The summed E-state index contributed by atoms with van der Waals surface area (Å²) in [7, 11) is -39.2. The molecule has 42 nitrogen and oxygen atoms in total. The first-order chi connectivity index (χ1) is 37.4. The van der Waals surface area contributed by atoms with Crippen molar-refractivity contribution in [3.63, 3.8) is 0 Å². The molecule has 3 aliphatic carbocycles. The summed E-state index contributed by atoms with van der Waals surface area (Å²) in [6.45, 7) is -2.08. The van der Waals surface area contributed by atoms with Crippen LogP contribution in [-0.4, -0.2) is 258 Å². The predicted octanol–water partition coefficient (Wildman–Crippen LogP) is -3.10. The van der Waals surface area contributed by atoms with Crippen molar-refractivity contribution in [1.29, 1.82) is 0 Å². The van der Waals surface area contributed by atoms with E-state index >= 15 is 0 Å². The van der Waals surface area contributed by atoms with E-state index in [1.54, 1.807) is 0 Å². The summed E-state index contributed by atoms with van der Waals surface area (Å²) in [5, 5.41) is 0. The van der Waals surface area contributed by atoms with Gasteiger partial charge in [0, 0.05) is 69.6 Å². The van der Waals surface area contributed by atoms with Crippen LogP contribution in [0.3, 0.4) is 0 Å². The van der Waals surface area contributed by atoms with E-state index in [1.165, 1.54) is 0 Å². The first kappa shape index (κ1) is 76.7. The largest absolute Gasteiger partial charge is 0.470 e. The highest BCUT2D eigenvalue weighted by molar-refractivity contribution is 7.48. The third-order valence-electron chi connectivity index (χ3n) is 12.3. The number of hydrogen-bond acceptors (Lipinski definition) is 26. The molecule has 0 amide bonds. The first-order valence-electron chi connectivity index (χ1n) is 22.8. The van der Waals surface area contributed by atoms with Crippen LogP contribution >= 0.6 is 62.6 Å². The lowest BCUT2D eigenvalue weighted by molar-refractivity contribution is -0.246. The van der Waals surface area contributed by atoms with Crippen LogP contribution in [0, 0.1) is 5.92 Å². The van der Waals surface area contributed by atoms with Gasteiger partial charge in [0.2, 0.25) is 0 Å². The lowest BCUT2D eigenvalue weighted by atomic mass is 9.84. The Morgan fingerprint density at radius 3 is 0.537 bits per heavy atom. The van der Waals surface area contributed by atoms with Crippen molar-refractivity contribution >= 4 is 62.6 Å². The summed E-state index contributed by atoms with van der Waals surface area (Å²) in [5.74, 6) is -1.06. The van der Waals surface area contributed by atoms with E-state index in [0.717, 1.165) is 49.8 Å². The Bertz CT molecular complexity index is 2300. The number of phosphoric acid groups is 8. The Labute approximate surface area is 464 Å². The maximum Gasteiger partial charge on any atom is 0.470 e. The topological polar surface area (TPSA) is 626 Å². The third-order valence-corrected chi connectivity index (χ3v) is 16.5. The van der Waals surface area contributed by atoms with Crippen molar-refractivity contribution in [2.24, 2.45) is 5.92 Å². The lowest BCUT2D eigenvalue weighted by Gasteiger charge is -2.48. The molecule has 0 aliphatic heterocycles. The molecule has 0 saturated heterocycles. The molecule has 0 aromatic carbocycles. The van der Waals surface area contributed by atoms with E-state index in [2.05, 4.69) is 4.52 Å². The van der Waals surface area contributed by atoms with Gasteiger partial charge in [0.15, 0.2) is 0 Å². The fourth-order valence-corrected chi connectivity index (χ4v) is 14.0. The maximum atomic E-state index is 12.4. The SMILES string of the molecule is CO[C@@H]1[C@@H](OP(=O)(O)O)[C@H](OC)[C@H](OCCC(CCOC2[C@@H](OC)[C@H](OP(=O)(O)O)[C@@H](OP(=O)(O)O)[C@H](OP(=O)(O)O)[C@H]2OC)CCO[C@H]2[C@@H](OP(=O)(O)O)[C@H](OC)[C@@H](OC)[C@H](OP(=O)(O)O)[C@H]2OP(=O)(O)O)[C@H](OC)[C@H]1OP(=O)(O)O. The molecule has 2 unspecified atom stereocenters. The molecule has 3 saturated carbocycles. The molecular weight excluding hydrogens is 1300 g/mol. The minimum atomic E-state index is -5.84. The van der Waals surface area contributed by atoms with Gasteiger partial charge in [0.25, 0.3) is 0 Å². The average molecular weight is 1370 g/mol. The second kappa shape index (κ2) is 31.5. The number of rotatable bonds is 35. The number of ether oxygens (including phenoxy) is 10. The zero-order valence-electron chi connectivity index (χ0n) is 43.6. The highest BCUT2D eigenvalue weighted by Crippen LogP contribution is 2.54. The predicted molar refractivity (Wildman–Crippen MR) is 257 cm³/mol. The molecule has 3 rings (SSSR count). The van der Waals surface area contributed by atoms with Gasteiger partial charge in [-0.25, -0.2) is 36.5 Å². The van der Waals surface area contributed by atoms with Gasteiger partial charge in [-0.1, -0.05) is 0 Å². The lowest BCUT2D eigenvalue weighted by Crippen LogP contribution is -2.66. The Balaban J connectivity index is 2.21. The van der Waals surface area contributed by atoms with E-state index in [-0.39, 0.29) is 12.8 Å². The molecule has 0 radical (unpaired) electrons. The van der Waals surface area contributed by atoms with Crippen LogP contribution in [0.1, 0.15) is 19.3 Å². The quantitative estimate of drug-likeness (QED) is 0.0279. The van der Waals surface area contributed by atoms with Crippen LogP contribution in [0.4, 0.5) is 0 Å². The second-order valence-corrected chi connectivity index (χ2v) is 27.2. The minimum absolute atomic E-state index is 0.345. The van der Waals surface area contributed by atoms with Crippen molar-refractivity contribution in [3.05, 3.63) is 0 Å². The molecule has 3 aliphatic rings. The van der Waals surface area contributed by atoms with E-state index < -0.39 is 205 Å². The number of methoxy groups -OCH3 is 7. The Kier molecular flexibility index (Phi) is 29.5. The molecule has 0 spiro atoms. The summed E-state index contributed by atoms with van der Waals surface area (Å²) in [6.07, 6.45) is -38.2. The van der Waals surface area contributed by atoms with Crippen molar-refractivity contribution in [2.45, 2.75) is 129 Å². The fraction of sp³-hybridized carbons (Fsp3) is 1.00. The van der Waals surface area contributed by atoms with Crippen LogP contribution < -0.4 is 0 Å². The molecule has 50 heteroatoms. The van der Waals surface area contributed by atoms with Crippen LogP contribution in [0.25, 0.3) is 0 Å². The van der Waals surface area contributed by atoms with Crippen LogP contribution in [-0.2, 0) is 120 Å². The van der Waals surface area contributed by atoms with Crippen molar-refractivity contribution < 1.29 is 198 Å². The number of hydrogen-bond donors (Lipinski definition) is 16. The van der Waals surface area contributed by atoms with Gasteiger partial charge in [-0.3, -0.25) is 36.2 Å². The Morgan fingerprint density at radius 2 is 0.354 bits per heavy atom. The second-order valence-electron chi connectivity index (χ2n) is 17.6. The normalized spacial score (nSPS) is 33.6. The highest BCUT2D eigenvalue weighted by Gasteiger charge is 2.61. The monoisotopic (exact) mass is 1370 g/mol. The van der Waals surface area contributed by atoms with Crippen molar-refractivity contribution in [3.8, 4) is 0 Å². The standard InChI is InChI=1S/C32H68O42P8/c1-57-15-16(58-2)28(70-78(42,43)44)31(73-81(51,52)53)24(27(15)69-77(39,40)41)66-13-10-14(8-11-64-22-17(59-3)25(67-75(33,34)35)21(63-7)26(18(22)60-4)68-76(36,37)38)9-12-65-23-19(61-5)29(71-79(45,46)47)32(74-82(54,55)56)30(20(23)62-6)72-80(48,49)50/h14-32H,8-13H2,1-7H3,(H2,33,34,35)(H2,36,37,38)(H2,39,40,41)(H2,42,43,44)(H2,45,46,47)(H2,48,49,50)(H2,51,52,53)(H2,54,55,56)/t14?,15-,16-,17-,18+,19-,20+,21-,22+,23?,24+,25+,26-,27+,28+,29+,30-,31+,32-/m1/s1. The van der Waals surface area contributed by atoms with Gasteiger partial charge in [0.05, 0.1) is 0 Å². The van der Waals surface area contributed by atoms with Gasteiger partial charge < -0.3 is 126 Å². The van der Waals surface area contributed by atoms with E-state index in [0.29, 0.717) is 0 Å². The molecule has 0 heterocycles. The van der Waals surface area contributed by atoms with Crippen molar-refractivity contribution in [1.82, 2.24) is 0 Å². The molecule has 0 bridgehead atoms. The summed E-state index contributed by atoms with van der Waals surface area (Å²) in [6, 6.07) is 0. The van der Waals surface area contributed by atoms with Gasteiger partial charge in [0.1, 0.15) is 110 Å². The zero-order valence-corrected chi connectivity index (χ0v) is 50.7. The fourth-order valence-electron chi connectivity index (χ4n) is 9.59. The number of phosphoric ester groups is 8. The van der Waals surface area contributed by atoms with Crippen LogP contribution in [0.5, 0.6) is 0 Å². The van der Waals surface area contributed by atoms with E-state index in [9.17, 15) is 115 Å². The van der Waals surface area contributed by atoms with Gasteiger partial charge >= 0.3 is 62.6 Å². The zero-order chi connectivity index (χ0) is 62.9. The van der Waals surface area contributed by atoms with E-state index in [4.69, 9.17) is 79.0 Å². The molecule has 0 aromatic rings. The Morgan fingerprint density at radius 1 is 0.232 bits per heavy atom. The minimum Gasteiger partial charge on any atom is -0.376 e. The van der Waals surface area contributed by atoms with E-state index in [1.807, 2.05) is 0 Å². The summed E-state index contributed by atoms with van der Waals surface area (Å²) in [4.78, 5) is 158. The molecule has 0 aromatic heterocycles. The molecule has 488 valence electrons. The van der Waals surface area contributed by atoms with Gasteiger partial charge in [-0.15, -0.1) is 0 Å². The molecule has 3 fully saturated rings. The Hall–Kier alpha value is 0.480. The average Bonchev–Trinajstić information content (AvgIpc) is 3.28. The molecule has 16 N–H and O–H groups in total. The van der Waals surface area contributed by atoms with Gasteiger partial charge in [-0.05, 0) is 25.2 Å². The highest BCUT2D eigenvalue weighted by atomic mass is 31.2. The molecule has 19 atom stereocenters.